The Balaban J connectivity index is 2.45. The fourth-order valence-corrected chi connectivity index (χ4v) is 2.58. The molecule has 0 aliphatic heterocycles. The SMILES string of the molecule is Cc1ccccc1-n1c(C)cc(C(=O)NC(C)(C)C(=O)O)c1C. The first-order chi connectivity index (χ1) is 10.6. The third-order valence-corrected chi connectivity index (χ3v) is 3.99. The Bertz CT molecular complexity index is 773. The van der Waals surface area contributed by atoms with Crippen molar-refractivity contribution in [1.82, 2.24) is 9.88 Å². The molecular weight excluding hydrogens is 292 g/mol. The standard InChI is InChI=1S/C18H22N2O3/c1-11-8-6-7-9-15(11)20-12(2)10-14(13(20)3)16(21)19-18(4,5)17(22)23/h6-10H,1-5H3,(H,19,21)(H,22,23). The highest BCUT2D eigenvalue weighted by molar-refractivity contribution is 5.99. The summed E-state index contributed by atoms with van der Waals surface area (Å²) in [5, 5.41) is 11.7. The maximum absolute atomic E-state index is 12.5. The van der Waals surface area contributed by atoms with Crippen molar-refractivity contribution < 1.29 is 14.7 Å². The first-order valence-electron chi connectivity index (χ1n) is 7.46. The Morgan fingerprint density at radius 1 is 1.13 bits per heavy atom. The summed E-state index contributed by atoms with van der Waals surface area (Å²) in [7, 11) is 0. The molecule has 2 rings (SSSR count). The molecule has 2 N–H and O–H groups in total. The van der Waals surface area contributed by atoms with E-state index in [1.165, 1.54) is 13.8 Å². The molecule has 0 radical (unpaired) electrons. The zero-order valence-electron chi connectivity index (χ0n) is 14.1. The summed E-state index contributed by atoms with van der Waals surface area (Å²) < 4.78 is 2.01. The highest BCUT2D eigenvalue weighted by Crippen LogP contribution is 2.23. The minimum absolute atomic E-state index is 0.384. The maximum Gasteiger partial charge on any atom is 0.328 e. The lowest BCUT2D eigenvalue weighted by Crippen LogP contribution is -2.49. The van der Waals surface area contributed by atoms with Crippen molar-refractivity contribution in [3.63, 3.8) is 0 Å². The molecule has 0 saturated heterocycles. The number of benzene rings is 1. The predicted molar refractivity (Wildman–Crippen MR) is 89.2 cm³/mol. The molecule has 0 fully saturated rings. The number of aromatic nitrogens is 1. The van der Waals surface area contributed by atoms with Crippen LogP contribution in [-0.4, -0.2) is 27.1 Å². The van der Waals surface area contributed by atoms with Gasteiger partial charge < -0.3 is 15.0 Å². The van der Waals surface area contributed by atoms with Crippen LogP contribution >= 0.6 is 0 Å². The first kappa shape index (κ1) is 16.8. The van der Waals surface area contributed by atoms with E-state index in [2.05, 4.69) is 5.32 Å². The van der Waals surface area contributed by atoms with Gasteiger partial charge in [-0.25, -0.2) is 4.79 Å². The van der Waals surface area contributed by atoms with Gasteiger partial charge in [0.25, 0.3) is 5.91 Å². The summed E-state index contributed by atoms with van der Waals surface area (Å²) in [5.74, 6) is -1.45. The molecule has 0 atom stereocenters. The average molecular weight is 314 g/mol. The number of para-hydroxylation sites is 1. The van der Waals surface area contributed by atoms with E-state index in [1.54, 1.807) is 6.07 Å². The van der Waals surface area contributed by atoms with E-state index in [4.69, 9.17) is 5.11 Å². The highest BCUT2D eigenvalue weighted by atomic mass is 16.4. The Morgan fingerprint density at radius 2 is 1.74 bits per heavy atom. The second-order valence-corrected chi connectivity index (χ2v) is 6.29. The summed E-state index contributed by atoms with van der Waals surface area (Å²) in [5.41, 5.74) is 3.00. The number of aliphatic carboxylic acids is 1. The molecule has 1 amide bonds. The molecule has 0 aliphatic rings. The molecule has 1 aromatic carbocycles. The minimum atomic E-state index is -1.32. The van der Waals surface area contributed by atoms with Crippen molar-refractivity contribution in [2.24, 2.45) is 0 Å². The Morgan fingerprint density at radius 3 is 2.30 bits per heavy atom. The molecule has 0 bridgehead atoms. The molecule has 0 saturated carbocycles. The van der Waals surface area contributed by atoms with E-state index in [9.17, 15) is 9.59 Å². The first-order valence-corrected chi connectivity index (χ1v) is 7.46. The van der Waals surface area contributed by atoms with Gasteiger partial charge in [-0.15, -0.1) is 0 Å². The van der Waals surface area contributed by atoms with E-state index in [0.717, 1.165) is 22.6 Å². The van der Waals surface area contributed by atoms with E-state index in [0.29, 0.717) is 5.56 Å². The number of rotatable bonds is 4. The van der Waals surface area contributed by atoms with Crippen LogP contribution in [0.4, 0.5) is 0 Å². The Hall–Kier alpha value is -2.56. The molecule has 0 unspecified atom stereocenters. The normalized spacial score (nSPS) is 11.3. The van der Waals surface area contributed by atoms with E-state index in [1.807, 2.05) is 49.6 Å². The lowest BCUT2D eigenvalue weighted by atomic mass is 10.1. The number of aryl methyl sites for hydroxylation is 2. The predicted octanol–water partition coefficient (Wildman–Crippen LogP) is 3.00. The largest absolute Gasteiger partial charge is 0.480 e. The molecule has 1 aromatic heterocycles. The van der Waals surface area contributed by atoms with Gasteiger partial charge in [0, 0.05) is 17.1 Å². The van der Waals surface area contributed by atoms with Crippen molar-refractivity contribution in [3.05, 3.63) is 52.8 Å². The van der Waals surface area contributed by atoms with Crippen LogP contribution in [0.2, 0.25) is 0 Å². The van der Waals surface area contributed by atoms with Gasteiger partial charge in [-0.1, -0.05) is 18.2 Å². The molecular formula is C18H22N2O3. The number of nitrogens with zero attached hydrogens (tertiary/aromatic N) is 1. The summed E-state index contributed by atoms with van der Waals surface area (Å²) in [6, 6.07) is 9.72. The lowest BCUT2D eigenvalue weighted by molar-refractivity contribution is -0.143. The van der Waals surface area contributed by atoms with Crippen molar-refractivity contribution in [2.45, 2.75) is 40.2 Å². The van der Waals surface area contributed by atoms with Gasteiger partial charge in [0.15, 0.2) is 0 Å². The number of carboxylic acids is 1. The van der Waals surface area contributed by atoms with Gasteiger partial charge in [-0.3, -0.25) is 4.79 Å². The quantitative estimate of drug-likeness (QED) is 0.911. The molecule has 0 aliphatic carbocycles. The number of nitrogens with one attached hydrogen (secondary N) is 1. The summed E-state index contributed by atoms with van der Waals surface area (Å²) >= 11 is 0. The summed E-state index contributed by atoms with van der Waals surface area (Å²) in [4.78, 5) is 23.7. The number of hydrogen-bond donors (Lipinski definition) is 2. The Labute approximate surface area is 135 Å². The van der Waals surface area contributed by atoms with Gasteiger partial charge in [-0.05, 0) is 52.3 Å². The third kappa shape index (κ3) is 3.13. The fraction of sp³-hybridized carbons (Fsp3) is 0.333. The molecule has 5 nitrogen and oxygen atoms in total. The molecule has 122 valence electrons. The van der Waals surface area contributed by atoms with E-state index >= 15 is 0 Å². The number of carbonyl (C=O) groups excluding carboxylic acids is 1. The van der Waals surface area contributed by atoms with Crippen LogP contribution in [-0.2, 0) is 4.79 Å². The smallest absolute Gasteiger partial charge is 0.328 e. The van der Waals surface area contributed by atoms with Crippen LogP contribution in [0.15, 0.2) is 30.3 Å². The monoisotopic (exact) mass is 314 g/mol. The van der Waals surface area contributed by atoms with Gasteiger partial charge in [0.05, 0.1) is 5.56 Å². The van der Waals surface area contributed by atoms with Crippen molar-refractivity contribution >= 4 is 11.9 Å². The average Bonchev–Trinajstić information content (AvgIpc) is 2.74. The lowest BCUT2D eigenvalue weighted by Gasteiger charge is -2.21. The summed E-state index contributed by atoms with van der Waals surface area (Å²) in [6.45, 7) is 8.74. The maximum atomic E-state index is 12.5. The van der Waals surface area contributed by atoms with Crippen molar-refractivity contribution in [1.29, 1.82) is 0 Å². The number of amides is 1. The minimum Gasteiger partial charge on any atom is -0.480 e. The van der Waals surface area contributed by atoms with E-state index in [-0.39, 0.29) is 5.91 Å². The van der Waals surface area contributed by atoms with Crippen molar-refractivity contribution in [3.8, 4) is 5.69 Å². The van der Waals surface area contributed by atoms with Crippen molar-refractivity contribution in [2.75, 3.05) is 0 Å². The highest BCUT2D eigenvalue weighted by Gasteiger charge is 2.30. The second-order valence-electron chi connectivity index (χ2n) is 6.29. The van der Waals surface area contributed by atoms with E-state index < -0.39 is 11.5 Å². The fourth-order valence-electron chi connectivity index (χ4n) is 2.58. The summed E-state index contributed by atoms with van der Waals surface area (Å²) in [6.07, 6.45) is 0. The van der Waals surface area contributed by atoms with Gasteiger partial charge in [0.1, 0.15) is 5.54 Å². The number of hydrogen-bond acceptors (Lipinski definition) is 2. The van der Waals surface area contributed by atoms with Gasteiger partial charge in [-0.2, -0.15) is 0 Å². The van der Waals surface area contributed by atoms with Crippen LogP contribution in [0.25, 0.3) is 5.69 Å². The van der Waals surface area contributed by atoms with Crippen LogP contribution in [0.5, 0.6) is 0 Å². The number of carbonyl (C=O) groups is 2. The third-order valence-electron chi connectivity index (χ3n) is 3.99. The second kappa shape index (κ2) is 5.91. The Kier molecular flexibility index (Phi) is 4.32. The van der Waals surface area contributed by atoms with Crippen LogP contribution < -0.4 is 5.32 Å². The molecule has 5 heteroatoms. The molecule has 2 aromatic rings. The van der Waals surface area contributed by atoms with Gasteiger partial charge in [0.2, 0.25) is 0 Å². The van der Waals surface area contributed by atoms with Crippen LogP contribution in [0, 0.1) is 20.8 Å². The molecule has 0 spiro atoms. The molecule has 23 heavy (non-hydrogen) atoms. The van der Waals surface area contributed by atoms with Crippen LogP contribution in [0.3, 0.4) is 0 Å². The van der Waals surface area contributed by atoms with Crippen LogP contribution in [0.1, 0.15) is 41.2 Å². The zero-order valence-corrected chi connectivity index (χ0v) is 14.1. The number of carboxylic acid groups (broad SMARTS) is 1. The zero-order chi connectivity index (χ0) is 17.4. The topological polar surface area (TPSA) is 71.3 Å². The van der Waals surface area contributed by atoms with Gasteiger partial charge >= 0.3 is 5.97 Å². The molecule has 1 heterocycles.